The molecule has 2 aromatic carbocycles. The van der Waals surface area contributed by atoms with Gasteiger partial charge in [-0.15, -0.1) is 0 Å². The van der Waals surface area contributed by atoms with Gasteiger partial charge in [-0.3, -0.25) is 9.36 Å². The van der Waals surface area contributed by atoms with Gasteiger partial charge in [-0.05, 0) is 49.2 Å². The van der Waals surface area contributed by atoms with E-state index in [1.165, 1.54) is 18.2 Å². The minimum absolute atomic E-state index is 0.00909. The van der Waals surface area contributed by atoms with E-state index in [1.54, 1.807) is 19.1 Å². The maximum absolute atomic E-state index is 12.6. The van der Waals surface area contributed by atoms with Crippen LogP contribution in [0.25, 0.3) is 11.1 Å². The Morgan fingerprint density at radius 2 is 1.88 bits per heavy atom. The number of fused-ring (bicyclic) bond motifs is 1. The van der Waals surface area contributed by atoms with Crippen LogP contribution in [0, 0.1) is 0 Å². The van der Waals surface area contributed by atoms with Crippen molar-refractivity contribution in [1.82, 2.24) is 4.57 Å². The van der Waals surface area contributed by atoms with Gasteiger partial charge < -0.3 is 14.8 Å². The van der Waals surface area contributed by atoms with E-state index in [4.69, 9.17) is 9.52 Å². The highest BCUT2D eigenvalue weighted by Crippen LogP contribution is 2.20. The fourth-order valence-electron chi connectivity index (χ4n) is 2.72. The van der Waals surface area contributed by atoms with Crippen molar-refractivity contribution in [2.45, 2.75) is 26.3 Å². The molecule has 1 amide bonds. The van der Waals surface area contributed by atoms with E-state index in [0.29, 0.717) is 5.69 Å². The molecule has 1 aromatic heterocycles. The zero-order valence-corrected chi connectivity index (χ0v) is 14.4. The quantitative estimate of drug-likeness (QED) is 0.733. The smallest absolute Gasteiger partial charge is 0.420 e. The second-order valence-electron chi connectivity index (χ2n) is 5.94. The number of carbonyl (C=O) groups excluding carboxylic acids is 1. The number of amides is 1. The molecule has 134 valence electrons. The third kappa shape index (κ3) is 3.23. The van der Waals surface area contributed by atoms with E-state index in [-0.39, 0.29) is 16.7 Å². The molecule has 1 atom stereocenters. The van der Waals surface area contributed by atoms with Gasteiger partial charge in [0.25, 0.3) is 0 Å². The summed E-state index contributed by atoms with van der Waals surface area (Å²) in [7, 11) is 0. The Morgan fingerprint density at radius 3 is 2.50 bits per heavy atom. The number of nitrogens with one attached hydrogen (secondary N) is 1. The number of carbonyl (C=O) groups is 2. The first-order chi connectivity index (χ1) is 12.4. The average molecular weight is 354 g/mol. The summed E-state index contributed by atoms with van der Waals surface area (Å²) in [6.45, 7) is 3.59. The van der Waals surface area contributed by atoms with E-state index < -0.39 is 23.7 Å². The monoisotopic (exact) mass is 354 g/mol. The zero-order valence-electron chi connectivity index (χ0n) is 14.4. The van der Waals surface area contributed by atoms with Crippen molar-refractivity contribution >= 4 is 28.7 Å². The highest BCUT2D eigenvalue weighted by Gasteiger charge is 2.22. The number of hydrogen-bond acceptors (Lipinski definition) is 4. The third-order valence-electron chi connectivity index (χ3n) is 4.26. The molecule has 0 spiro atoms. The SMILES string of the molecule is CCc1ccc(NC(=O)C(C)n2c(=O)oc3ccc(C(=O)O)cc32)cc1. The molecule has 0 aliphatic carbocycles. The van der Waals surface area contributed by atoms with E-state index in [9.17, 15) is 14.4 Å². The number of oxazole rings is 1. The van der Waals surface area contributed by atoms with Gasteiger partial charge in [-0.1, -0.05) is 19.1 Å². The van der Waals surface area contributed by atoms with Crippen LogP contribution in [0.5, 0.6) is 0 Å². The molecule has 2 N–H and O–H groups in total. The van der Waals surface area contributed by atoms with Gasteiger partial charge in [0.1, 0.15) is 6.04 Å². The number of carboxylic acids is 1. The van der Waals surface area contributed by atoms with E-state index in [0.717, 1.165) is 16.6 Å². The minimum atomic E-state index is -1.12. The molecule has 0 saturated carbocycles. The Morgan fingerprint density at radius 1 is 1.19 bits per heavy atom. The number of aromatic carboxylic acids is 1. The number of rotatable bonds is 5. The van der Waals surface area contributed by atoms with Crippen LogP contribution in [0.4, 0.5) is 5.69 Å². The molecule has 0 bridgehead atoms. The maximum Gasteiger partial charge on any atom is 0.420 e. The van der Waals surface area contributed by atoms with Crippen molar-refractivity contribution in [3.63, 3.8) is 0 Å². The van der Waals surface area contributed by atoms with Crippen molar-refractivity contribution in [1.29, 1.82) is 0 Å². The van der Waals surface area contributed by atoms with Gasteiger partial charge >= 0.3 is 11.7 Å². The Balaban J connectivity index is 1.92. The van der Waals surface area contributed by atoms with Crippen LogP contribution in [-0.4, -0.2) is 21.6 Å². The third-order valence-corrected chi connectivity index (χ3v) is 4.26. The van der Waals surface area contributed by atoms with Crippen LogP contribution >= 0.6 is 0 Å². The molecular formula is C19H18N2O5. The predicted octanol–water partition coefficient (Wildman–Crippen LogP) is 3.05. The second-order valence-corrected chi connectivity index (χ2v) is 5.94. The van der Waals surface area contributed by atoms with Gasteiger partial charge in [-0.2, -0.15) is 0 Å². The summed E-state index contributed by atoms with van der Waals surface area (Å²) in [6, 6.07) is 10.6. The first-order valence-electron chi connectivity index (χ1n) is 8.19. The van der Waals surface area contributed by atoms with Crippen molar-refractivity contribution in [2.75, 3.05) is 5.32 Å². The summed E-state index contributed by atoms with van der Waals surface area (Å²) in [5.74, 6) is -2.24. The van der Waals surface area contributed by atoms with Gasteiger partial charge in [0, 0.05) is 5.69 Å². The number of nitrogens with zero attached hydrogens (tertiary/aromatic N) is 1. The van der Waals surface area contributed by atoms with Gasteiger partial charge in [-0.25, -0.2) is 9.59 Å². The van der Waals surface area contributed by atoms with Gasteiger partial charge in [0.15, 0.2) is 5.58 Å². The molecule has 0 radical (unpaired) electrons. The minimum Gasteiger partial charge on any atom is -0.478 e. The summed E-state index contributed by atoms with van der Waals surface area (Å²) >= 11 is 0. The fraction of sp³-hybridized carbons (Fsp3) is 0.211. The van der Waals surface area contributed by atoms with Crippen LogP contribution in [0.15, 0.2) is 51.7 Å². The summed E-state index contributed by atoms with van der Waals surface area (Å²) in [6.07, 6.45) is 0.896. The number of aromatic nitrogens is 1. The van der Waals surface area contributed by atoms with E-state index in [2.05, 4.69) is 5.32 Å². The first-order valence-corrected chi connectivity index (χ1v) is 8.19. The predicted molar refractivity (Wildman–Crippen MR) is 96.6 cm³/mol. The topological polar surface area (TPSA) is 102 Å². The summed E-state index contributed by atoms with van der Waals surface area (Å²) in [5.41, 5.74) is 2.26. The van der Waals surface area contributed by atoms with Crippen molar-refractivity contribution < 1.29 is 19.1 Å². The standard InChI is InChI=1S/C19H18N2O5/c1-3-12-4-7-14(8-5-12)20-17(22)11(2)21-15-10-13(18(23)24)6-9-16(15)26-19(21)25/h4-11H,3H2,1-2H3,(H,20,22)(H,23,24). The number of hydrogen-bond donors (Lipinski definition) is 2. The molecule has 0 aliphatic rings. The molecular weight excluding hydrogens is 336 g/mol. The van der Waals surface area contributed by atoms with E-state index in [1.807, 2.05) is 19.1 Å². The molecule has 0 saturated heterocycles. The van der Waals surface area contributed by atoms with Crippen LogP contribution in [0.2, 0.25) is 0 Å². The zero-order chi connectivity index (χ0) is 18.8. The fourth-order valence-corrected chi connectivity index (χ4v) is 2.72. The lowest BCUT2D eigenvalue weighted by molar-refractivity contribution is -0.118. The first kappa shape index (κ1) is 17.5. The number of carboxylic acid groups (broad SMARTS) is 1. The second kappa shape index (κ2) is 6.87. The normalized spacial score (nSPS) is 12.1. The number of aryl methyl sites for hydroxylation is 1. The molecule has 26 heavy (non-hydrogen) atoms. The molecule has 7 heteroatoms. The van der Waals surface area contributed by atoms with Gasteiger partial charge in [0.2, 0.25) is 5.91 Å². The molecule has 0 fully saturated rings. The largest absolute Gasteiger partial charge is 0.478 e. The Hall–Kier alpha value is -3.35. The highest BCUT2D eigenvalue weighted by molar-refractivity contribution is 5.95. The molecule has 1 heterocycles. The van der Waals surface area contributed by atoms with Gasteiger partial charge in [0.05, 0.1) is 11.1 Å². The maximum atomic E-state index is 12.6. The van der Waals surface area contributed by atoms with Crippen molar-refractivity contribution in [3.8, 4) is 0 Å². The molecule has 0 aliphatic heterocycles. The van der Waals surface area contributed by atoms with Crippen molar-refractivity contribution in [3.05, 3.63) is 64.1 Å². The number of benzene rings is 2. The molecule has 1 unspecified atom stereocenters. The molecule has 7 nitrogen and oxygen atoms in total. The lowest BCUT2D eigenvalue weighted by Crippen LogP contribution is -2.29. The number of anilines is 1. The Bertz CT molecular complexity index is 1030. The van der Waals surface area contributed by atoms with Crippen LogP contribution in [-0.2, 0) is 11.2 Å². The lowest BCUT2D eigenvalue weighted by atomic mass is 10.1. The van der Waals surface area contributed by atoms with Crippen molar-refractivity contribution in [2.24, 2.45) is 0 Å². The van der Waals surface area contributed by atoms with E-state index >= 15 is 0 Å². The van der Waals surface area contributed by atoms with Crippen LogP contribution in [0.3, 0.4) is 0 Å². The molecule has 3 rings (SSSR count). The average Bonchev–Trinajstić information content (AvgIpc) is 2.96. The Labute approximate surface area is 148 Å². The van der Waals surface area contributed by atoms with Crippen LogP contribution in [0.1, 0.15) is 35.8 Å². The molecule has 3 aromatic rings. The summed E-state index contributed by atoms with van der Waals surface area (Å²) in [4.78, 5) is 35.9. The highest BCUT2D eigenvalue weighted by atomic mass is 16.4. The summed E-state index contributed by atoms with van der Waals surface area (Å²) < 4.78 is 6.27. The van der Waals surface area contributed by atoms with Crippen LogP contribution < -0.4 is 11.1 Å². The Kier molecular flexibility index (Phi) is 4.62. The lowest BCUT2D eigenvalue weighted by Gasteiger charge is -2.13. The summed E-state index contributed by atoms with van der Waals surface area (Å²) in [5, 5.41) is 11.9.